The SMILES string of the molecule is C/C=C/c1cc(Nc2cc(N3CCN(C)CC3)nc(Oc3ccc4[nH]c(C)cc4c3C)n2)n[nH]1. The zero-order chi connectivity index (χ0) is 23.7. The van der Waals surface area contributed by atoms with Gasteiger partial charge < -0.3 is 24.8 Å². The molecule has 0 aliphatic carbocycles. The Labute approximate surface area is 198 Å². The number of aromatic nitrogens is 5. The second kappa shape index (κ2) is 9.18. The van der Waals surface area contributed by atoms with Crippen molar-refractivity contribution >= 4 is 34.4 Å². The number of benzene rings is 1. The normalized spacial score (nSPS) is 14.9. The van der Waals surface area contributed by atoms with Gasteiger partial charge in [-0.25, -0.2) is 0 Å². The Morgan fingerprint density at radius 2 is 1.85 bits per heavy atom. The van der Waals surface area contributed by atoms with Gasteiger partial charge in [0.1, 0.15) is 17.4 Å². The molecule has 0 atom stereocenters. The number of anilines is 3. The summed E-state index contributed by atoms with van der Waals surface area (Å²) in [5.41, 5.74) is 4.17. The Bertz CT molecular complexity index is 1330. The summed E-state index contributed by atoms with van der Waals surface area (Å²) in [4.78, 5) is 17.4. The van der Waals surface area contributed by atoms with E-state index in [1.54, 1.807) is 0 Å². The van der Waals surface area contributed by atoms with E-state index < -0.39 is 0 Å². The van der Waals surface area contributed by atoms with Crippen LogP contribution in [0.1, 0.15) is 23.9 Å². The van der Waals surface area contributed by atoms with Crippen LogP contribution in [0.3, 0.4) is 0 Å². The van der Waals surface area contributed by atoms with E-state index in [1.165, 1.54) is 0 Å². The summed E-state index contributed by atoms with van der Waals surface area (Å²) >= 11 is 0. The Hall–Kier alpha value is -3.85. The first kappa shape index (κ1) is 22.0. The number of ether oxygens (including phenoxy) is 1. The minimum absolute atomic E-state index is 0.304. The van der Waals surface area contributed by atoms with Crippen molar-refractivity contribution in [2.75, 3.05) is 43.4 Å². The van der Waals surface area contributed by atoms with Crippen LogP contribution in [0, 0.1) is 13.8 Å². The second-order valence-electron chi connectivity index (χ2n) is 8.72. The third-order valence-electron chi connectivity index (χ3n) is 6.08. The highest BCUT2D eigenvalue weighted by atomic mass is 16.5. The van der Waals surface area contributed by atoms with Crippen LogP contribution in [0.25, 0.3) is 17.0 Å². The monoisotopic (exact) mass is 458 g/mol. The number of nitrogens with zero attached hydrogens (tertiary/aromatic N) is 5. The van der Waals surface area contributed by atoms with Crippen LogP contribution in [0.15, 0.2) is 36.4 Å². The third-order valence-corrected chi connectivity index (χ3v) is 6.08. The summed E-state index contributed by atoms with van der Waals surface area (Å²) < 4.78 is 6.25. The number of rotatable bonds is 6. The van der Waals surface area contributed by atoms with Crippen LogP contribution in [-0.2, 0) is 0 Å². The predicted octanol–water partition coefficient (Wildman–Crippen LogP) is 4.62. The molecule has 1 aliphatic heterocycles. The molecule has 0 amide bonds. The smallest absolute Gasteiger partial charge is 0.325 e. The molecule has 1 aromatic carbocycles. The van der Waals surface area contributed by atoms with E-state index in [-0.39, 0.29) is 0 Å². The number of likely N-dealkylation sites (N-methyl/N-ethyl adjacent to an activating group) is 1. The Kier molecular flexibility index (Phi) is 5.93. The van der Waals surface area contributed by atoms with Gasteiger partial charge in [-0.2, -0.15) is 15.1 Å². The fourth-order valence-corrected chi connectivity index (χ4v) is 4.19. The highest BCUT2D eigenvalue weighted by Crippen LogP contribution is 2.32. The molecule has 1 fully saturated rings. The Morgan fingerprint density at radius 3 is 2.65 bits per heavy atom. The minimum Gasteiger partial charge on any atom is -0.424 e. The number of nitrogens with one attached hydrogen (secondary N) is 3. The third kappa shape index (κ3) is 4.60. The van der Waals surface area contributed by atoms with Crippen LogP contribution in [0.4, 0.5) is 17.5 Å². The largest absolute Gasteiger partial charge is 0.424 e. The zero-order valence-corrected chi connectivity index (χ0v) is 20.0. The fourth-order valence-electron chi connectivity index (χ4n) is 4.19. The van der Waals surface area contributed by atoms with Crippen LogP contribution in [0.2, 0.25) is 0 Å². The summed E-state index contributed by atoms with van der Waals surface area (Å²) in [7, 11) is 2.14. The van der Waals surface area contributed by atoms with E-state index in [4.69, 9.17) is 9.72 Å². The lowest BCUT2D eigenvalue weighted by Gasteiger charge is -2.33. The number of piperazine rings is 1. The van der Waals surface area contributed by atoms with Crippen molar-refractivity contribution in [3.8, 4) is 11.8 Å². The average molecular weight is 459 g/mol. The van der Waals surface area contributed by atoms with Crippen LogP contribution in [0.5, 0.6) is 11.8 Å². The standard InChI is InChI=1S/C25H30N8O/c1-5-6-18-14-23(31-30-18)27-22-15-24(33-11-9-32(4)10-12-33)29-25(28-22)34-21-8-7-20-19(17(21)3)13-16(2)26-20/h5-8,13-15,26H,9-12H2,1-4H3,(H2,27,28,29,30,31)/b6-5+. The summed E-state index contributed by atoms with van der Waals surface area (Å²) in [6.45, 7) is 9.84. The molecular formula is C25H30N8O. The molecule has 3 aromatic heterocycles. The first-order valence-electron chi connectivity index (χ1n) is 11.5. The number of aryl methyl sites for hydroxylation is 2. The molecule has 34 heavy (non-hydrogen) atoms. The Morgan fingerprint density at radius 1 is 1.03 bits per heavy atom. The molecule has 4 heterocycles. The number of hydrogen-bond donors (Lipinski definition) is 3. The summed E-state index contributed by atoms with van der Waals surface area (Å²) in [5.74, 6) is 2.89. The van der Waals surface area contributed by atoms with Crippen LogP contribution in [-0.4, -0.2) is 63.3 Å². The number of hydrogen-bond acceptors (Lipinski definition) is 7. The predicted molar refractivity (Wildman–Crippen MR) is 136 cm³/mol. The van der Waals surface area contributed by atoms with Crippen molar-refractivity contribution in [2.24, 2.45) is 0 Å². The molecule has 4 aromatic rings. The quantitative estimate of drug-likeness (QED) is 0.388. The van der Waals surface area contributed by atoms with Gasteiger partial charge in [-0.1, -0.05) is 6.08 Å². The van der Waals surface area contributed by atoms with E-state index in [0.29, 0.717) is 17.6 Å². The lowest BCUT2D eigenvalue weighted by Crippen LogP contribution is -2.44. The second-order valence-corrected chi connectivity index (χ2v) is 8.72. The maximum absolute atomic E-state index is 6.25. The molecule has 1 saturated heterocycles. The molecule has 0 unspecified atom stereocenters. The lowest BCUT2D eigenvalue weighted by molar-refractivity contribution is 0.311. The molecule has 5 rings (SSSR count). The van der Waals surface area contributed by atoms with Crippen molar-refractivity contribution in [1.29, 1.82) is 0 Å². The maximum atomic E-state index is 6.25. The van der Waals surface area contributed by atoms with E-state index >= 15 is 0 Å². The molecule has 1 aliphatic rings. The van der Waals surface area contributed by atoms with Gasteiger partial charge in [0.05, 0.1) is 5.69 Å². The summed E-state index contributed by atoms with van der Waals surface area (Å²) in [5, 5.41) is 11.8. The number of aromatic amines is 2. The van der Waals surface area contributed by atoms with Crippen molar-refractivity contribution in [1.82, 2.24) is 30.0 Å². The van der Waals surface area contributed by atoms with Gasteiger partial charge in [0.2, 0.25) is 0 Å². The van der Waals surface area contributed by atoms with E-state index in [0.717, 1.165) is 65.6 Å². The molecule has 176 valence electrons. The first-order chi connectivity index (χ1) is 16.5. The number of H-pyrrole nitrogens is 2. The van der Waals surface area contributed by atoms with Crippen molar-refractivity contribution < 1.29 is 4.74 Å². The van der Waals surface area contributed by atoms with Crippen LogP contribution < -0.4 is 15.0 Å². The van der Waals surface area contributed by atoms with Gasteiger partial charge in [0, 0.05) is 60.5 Å². The molecule has 0 radical (unpaired) electrons. The lowest BCUT2D eigenvalue weighted by atomic mass is 10.1. The minimum atomic E-state index is 0.304. The topological polar surface area (TPSA) is 98.0 Å². The highest BCUT2D eigenvalue weighted by molar-refractivity contribution is 5.86. The number of fused-ring (bicyclic) bond motifs is 1. The van der Waals surface area contributed by atoms with Gasteiger partial charge in [0.25, 0.3) is 0 Å². The molecule has 0 bridgehead atoms. The van der Waals surface area contributed by atoms with E-state index in [1.807, 2.05) is 43.3 Å². The molecule has 9 nitrogen and oxygen atoms in total. The summed E-state index contributed by atoms with van der Waals surface area (Å²) in [6.07, 6.45) is 3.93. The van der Waals surface area contributed by atoms with Crippen molar-refractivity contribution in [2.45, 2.75) is 20.8 Å². The van der Waals surface area contributed by atoms with Crippen LogP contribution >= 0.6 is 0 Å². The number of allylic oxidation sites excluding steroid dienone is 1. The van der Waals surface area contributed by atoms with E-state index in [9.17, 15) is 0 Å². The van der Waals surface area contributed by atoms with Crippen molar-refractivity contribution in [3.63, 3.8) is 0 Å². The zero-order valence-electron chi connectivity index (χ0n) is 20.0. The first-order valence-corrected chi connectivity index (χ1v) is 11.5. The fraction of sp³-hybridized carbons (Fsp3) is 0.320. The van der Waals surface area contributed by atoms with Crippen molar-refractivity contribution in [3.05, 3.63) is 53.4 Å². The molecule has 3 N–H and O–H groups in total. The molecule has 0 saturated carbocycles. The van der Waals surface area contributed by atoms with Gasteiger partial charge >= 0.3 is 6.01 Å². The molecular weight excluding hydrogens is 428 g/mol. The molecule has 9 heteroatoms. The van der Waals surface area contributed by atoms with E-state index in [2.05, 4.69) is 62.2 Å². The Balaban J connectivity index is 1.48. The van der Waals surface area contributed by atoms with Gasteiger partial charge in [-0.15, -0.1) is 0 Å². The maximum Gasteiger partial charge on any atom is 0.325 e. The molecule has 0 spiro atoms. The van der Waals surface area contributed by atoms with Gasteiger partial charge in [-0.05, 0) is 52.1 Å². The summed E-state index contributed by atoms with van der Waals surface area (Å²) in [6, 6.07) is 10.3. The van der Waals surface area contributed by atoms with Gasteiger partial charge in [0.15, 0.2) is 5.82 Å². The average Bonchev–Trinajstić information content (AvgIpc) is 3.42. The highest BCUT2D eigenvalue weighted by Gasteiger charge is 2.19. The van der Waals surface area contributed by atoms with Gasteiger partial charge in [-0.3, -0.25) is 5.10 Å².